The number of amides is 1. The van der Waals surface area contributed by atoms with Crippen LogP contribution in [0.15, 0.2) is 47.4 Å². The molecule has 0 saturated heterocycles. The number of hydrogen-bond acceptors (Lipinski definition) is 3. The Morgan fingerprint density at radius 3 is 2.26 bits per heavy atom. The summed E-state index contributed by atoms with van der Waals surface area (Å²) in [6.07, 6.45) is 0. The highest BCUT2D eigenvalue weighted by molar-refractivity contribution is 7.90. The van der Waals surface area contributed by atoms with Gasteiger partial charge in [-0.15, -0.1) is 11.6 Å². The van der Waals surface area contributed by atoms with Crippen molar-refractivity contribution in [3.63, 3.8) is 0 Å². The lowest BCUT2D eigenvalue weighted by atomic mass is 10.2. The van der Waals surface area contributed by atoms with Crippen LogP contribution in [0.3, 0.4) is 0 Å². The van der Waals surface area contributed by atoms with Crippen molar-refractivity contribution in [2.75, 3.05) is 11.2 Å². The molecule has 122 valence electrons. The Labute approximate surface area is 149 Å². The summed E-state index contributed by atoms with van der Waals surface area (Å²) < 4.78 is 24.8. The van der Waals surface area contributed by atoms with Crippen molar-refractivity contribution in [3.05, 3.63) is 58.1 Å². The van der Waals surface area contributed by atoms with Gasteiger partial charge in [0.25, 0.3) is 0 Å². The van der Waals surface area contributed by atoms with E-state index >= 15 is 0 Å². The van der Waals surface area contributed by atoms with Gasteiger partial charge >= 0.3 is 0 Å². The molecule has 0 bridgehead atoms. The summed E-state index contributed by atoms with van der Waals surface area (Å²) in [6.45, 7) is 0. The van der Waals surface area contributed by atoms with Gasteiger partial charge in [0.2, 0.25) is 5.91 Å². The van der Waals surface area contributed by atoms with Crippen LogP contribution in [0.4, 0.5) is 5.69 Å². The number of carbonyl (C=O) groups excluding carboxylic acids is 1. The topological polar surface area (TPSA) is 63.2 Å². The summed E-state index contributed by atoms with van der Waals surface area (Å²) in [6, 6.07) is 10.5. The number of nitrogens with one attached hydrogen (secondary N) is 1. The molecule has 4 nitrogen and oxygen atoms in total. The van der Waals surface area contributed by atoms with E-state index < -0.39 is 9.84 Å². The largest absolute Gasteiger partial charge is 0.325 e. The third kappa shape index (κ3) is 4.85. The maximum Gasteiger partial charge on any atom is 0.239 e. The van der Waals surface area contributed by atoms with Gasteiger partial charge in [0.15, 0.2) is 9.84 Å². The van der Waals surface area contributed by atoms with Crippen molar-refractivity contribution in [1.82, 2.24) is 0 Å². The highest BCUT2D eigenvalue weighted by Crippen LogP contribution is 2.26. The van der Waals surface area contributed by atoms with Crippen LogP contribution in [0.2, 0.25) is 10.0 Å². The molecule has 23 heavy (non-hydrogen) atoms. The summed E-state index contributed by atoms with van der Waals surface area (Å²) >= 11 is 17.3. The average Bonchev–Trinajstić information content (AvgIpc) is 2.50. The summed E-state index contributed by atoms with van der Waals surface area (Å²) in [5, 5.41) is 3.25. The van der Waals surface area contributed by atoms with Crippen molar-refractivity contribution >= 4 is 56.2 Å². The maximum absolute atomic E-state index is 12.4. The Hall–Kier alpha value is -1.27. The Kier molecular flexibility index (Phi) is 5.92. The van der Waals surface area contributed by atoms with E-state index in [0.29, 0.717) is 16.3 Å². The van der Waals surface area contributed by atoms with Gasteiger partial charge in [0.05, 0.1) is 10.6 Å². The first-order chi connectivity index (χ1) is 10.8. The van der Waals surface area contributed by atoms with Crippen LogP contribution in [-0.2, 0) is 20.4 Å². The molecule has 0 aliphatic rings. The molecule has 0 saturated carbocycles. The molecule has 1 N–H and O–H groups in total. The van der Waals surface area contributed by atoms with E-state index in [0.717, 1.165) is 0 Å². The third-order valence-electron chi connectivity index (χ3n) is 2.98. The van der Waals surface area contributed by atoms with Crippen molar-refractivity contribution in [1.29, 1.82) is 0 Å². The zero-order valence-electron chi connectivity index (χ0n) is 11.7. The van der Waals surface area contributed by atoms with Gasteiger partial charge in [-0.1, -0.05) is 29.3 Å². The van der Waals surface area contributed by atoms with Crippen LogP contribution in [-0.4, -0.2) is 20.2 Å². The number of sulfone groups is 1. The molecule has 1 amide bonds. The van der Waals surface area contributed by atoms with Gasteiger partial charge in [-0.3, -0.25) is 4.79 Å². The van der Waals surface area contributed by atoms with Crippen LogP contribution in [0.5, 0.6) is 0 Å². The summed E-state index contributed by atoms with van der Waals surface area (Å²) in [7, 11) is -3.54. The molecule has 0 atom stereocenters. The number of benzene rings is 2. The number of alkyl halides is 1. The molecule has 0 aromatic heterocycles. The minimum Gasteiger partial charge on any atom is -0.325 e. The second-order valence-electron chi connectivity index (χ2n) is 4.70. The zero-order valence-corrected chi connectivity index (χ0v) is 14.8. The van der Waals surface area contributed by atoms with E-state index in [2.05, 4.69) is 5.32 Å². The minimum absolute atomic E-state index is 0.164. The standard InChI is InChI=1S/C15H12Cl3NO3S/c16-8-15(20)19-12-4-1-10(14(18)7-12)9-23(21,22)13-5-2-11(17)3-6-13/h1-7H,8-9H2,(H,19,20). The number of rotatable bonds is 5. The van der Waals surface area contributed by atoms with Gasteiger partial charge < -0.3 is 5.32 Å². The van der Waals surface area contributed by atoms with Crippen molar-refractivity contribution in [2.45, 2.75) is 10.6 Å². The van der Waals surface area contributed by atoms with E-state index in [1.165, 1.54) is 30.3 Å². The Balaban J connectivity index is 2.22. The van der Waals surface area contributed by atoms with Crippen LogP contribution in [0.1, 0.15) is 5.56 Å². The lowest BCUT2D eigenvalue weighted by molar-refractivity contribution is -0.113. The number of carbonyl (C=O) groups is 1. The number of hydrogen-bond donors (Lipinski definition) is 1. The molecule has 0 heterocycles. The highest BCUT2D eigenvalue weighted by Gasteiger charge is 2.17. The van der Waals surface area contributed by atoms with Crippen LogP contribution >= 0.6 is 34.8 Å². The van der Waals surface area contributed by atoms with E-state index in [1.807, 2.05) is 0 Å². The minimum atomic E-state index is -3.54. The number of anilines is 1. The molecule has 0 aliphatic carbocycles. The van der Waals surface area contributed by atoms with Gasteiger partial charge in [0.1, 0.15) is 5.88 Å². The molecule has 0 radical (unpaired) electrons. The normalized spacial score (nSPS) is 11.3. The molecular weight excluding hydrogens is 381 g/mol. The average molecular weight is 393 g/mol. The second-order valence-corrected chi connectivity index (χ2v) is 7.80. The lowest BCUT2D eigenvalue weighted by Crippen LogP contribution is -2.12. The fourth-order valence-corrected chi connectivity index (χ4v) is 3.76. The van der Waals surface area contributed by atoms with Crippen molar-refractivity contribution in [2.24, 2.45) is 0 Å². The van der Waals surface area contributed by atoms with Gasteiger partial charge in [-0.2, -0.15) is 0 Å². The summed E-state index contributed by atoms with van der Waals surface area (Å²) in [4.78, 5) is 11.4. The summed E-state index contributed by atoms with van der Waals surface area (Å²) in [5.41, 5.74) is 0.888. The summed E-state index contributed by atoms with van der Waals surface area (Å²) in [5.74, 6) is -0.800. The fourth-order valence-electron chi connectivity index (χ4n) is 1.87. The SMILES string of the molecule is O=C(CCl)Nc1ccc(CS(=O)(=O)c2ccc(Cl)cc2)c(Cl)c1. The van der Waals surface area contributed by atoms with E-state index in [9.17, 15) is 13.2 Å². The number of halogens is 3. The first kappa shape index (κ1) is 18.1. The smallest absolute Gasteiger partial charge is 0.239 e. The van der Waals surface area contributed by atoms with Gasteiger partial charge in [-0.25, -0.2) is 8.42 Å². The molecule has 0 aliphatic heterocycles. The first-order valence-corrected chi connectivity index (χ1v) is 9.38. The Bertz CT molecular complexity index is 820. The molecule has 2 aromatic carbocycles. The third-order valence-corrected chi connectivity index (χ3v) is 5.50. The lowest BCUT2D eigenvalue weighted by Gasteiger charge is -2.09. The molecule has 0 spiro atoms. The van der Waals surface area contributed by atoms with Crippen LogP contribution in [0.25, 0.3) is 0 Å². The Morgan fingerprint density at radius 1 is 1.04 bits per heavy atom. The highest BCUT2D eigenvalue weighted by atomic mass is 35.5. The predicted octanol–water partition coefficient (Wildman–Crippen LogP) is 4.14. The van der Waals surface area contributed by atoms with E-state index in [-0.39, 0.29) is 27.5 Å². The van der Waals surface area contributed by atoms with E-state index in [4.69, 9.17) is 34.8 Å². The molecule has 2 rings (SSSR count). The van der Waals surface area contributed by atoms with Crippen LogP contribution in [0, 0.1) is 0 Å². The predicted molar refractivity (Wildman–Crippen MR) is 93.1 cm³/mol. The van der Waals surface area contributed by atoms with Gasteiger partial charge in [0, 0.05) is 15.7 Å². The van der Waals surface area contributed by atoms with E-state index in [1.54, 1.807) is 12.1 Å². The first-order valence-electron chi connectivity index (χ1n) is 6.44. The molecular formula is C15H12Cl3NO3S. The molecule has 0 unspecified atom stereocenters. The molecule has 0 fully saturated rings. The monoisotopic (exact) mass is 391 g/mol. The zero-order chi connectivity index (χ0) is 17.0. The fraction of sp³-hybridized carbons (Fsp3) is 0.133. The maximum atomic E-state index is 12.4. The second kappa shape index (κ2) is 7.53. The molecule has 2 aromatic rings. The van der Waals surface area contributed by atoms with Gasteiger partial charge in [-0.05, 0) is 42.0 Å². The van der Waals surface area contributed by atoms with Crippen molar-refractivity contribution in [3.8, 4) is 0 Å². The quantitative estimate of drug-likeness (QED) is 0.778. The Morgan fingerprint density at radius 2 is 1.70 bits per heavy atom. The van der Waals surface area contributed by atoms with Crippen LogP contribution < -0.4 is 5.32 Å². The molecule has 8 heteroatoms. The van der Waals surface area contributed by atoms with Crippen molar-refractivity contribution < 1.29 is 13.2 Å².